The lowest BCUT2D eigenvalue weighted by Gasteiger charge is -2.22. The van der Waals surface area contributed by atoms with Gasteiger partial charge in [0, 0.05) is 21.1 Å². The Labute approximate surface area is 125 Å². The van der Waals surface area contributed by atoms with Crippen molar-refractivity contribution in [2.45, 2.75) is 25.3 Å². The minimum Gasteiger partial charge on any atom is -0.469 e. The Bertz CT molecular complexity index is 606. The first-order valence-electron chi connectivity index (χ1n) is 6.37. The highest BCUT2D eigenvalue weighted by molar-refractivity contribution is 14.1. The number of carbonyl (C=O) groups excluding carboxylic acids is 1. The fourth-order valence-corrected chi connectivity index (χ4v) is 3.05. The highest BCUT2D eigenvalue weighted by Crippen LogP contribution is 2.30. The summed E-state index contributed by atoms with van der Waals surface area (Å²) in [6.07, 6.45) is 4.71. The van der Waals surface area contributed by atoms with Crippen molar-refractivity contribution in [1.29, 1.82) is 0 Å². The molecule has 1 N–H and O–H groups in total. The molecule has 1 aromatic carbocycles. The number of amides is 1. The molecular weight excluding hydrogens is 353 g/mol. The van der Waals surface area contributed by atoms with Crippen LogP contribution in [0.4, 0.5) is 0 Å². The zero-order valence-electron chi connectivity index (χ0n) is 10.4. The average Bonchev–Trinajstić information content (AvgIpc) is 2.88. The zero-order chi connectivity index (χ0) is 13.2. The third kappa shape index (κ3) is 2.68. The van der Waals surface area contributed by atoms with Crippen LogP contribution in [-0.2, 0) is 6.42 Å². The van der Waals surface area contributed by atoms with Gasteiger partial charge in [-0.2, -0.15) is 0 Å². The van der Waals surface area contributed by atoms with Crippen LogP contribution in [0.15, 0.2) is 41.0 Å². The molecule has 0 bridgehead atoms. The van der Waals surface area contributed by atoms with Crippen LogP contribution in [0.3, 0.4) is 0 Å². The van der Waals surface area contributed by atoms with E-state index in [1.54, 1.807) is 6.26 Å². The smallest absolute Gasteiger partial charge is 0.251 e. The second kappa shape index (κ2) is 5.36. The molecule has 1 unspecified atom stereocenters. The minimum absolute atomic E-state index is 0.0161. The summed E-state index contributed by atoms with van der Waals surface area (Å²) < 4.78 is 6.51. The molecule has 0 aliphatic heterocycles. The Hall–Kier alpha value is -1.30. The first-order chi connectivity index (χ1) is 9.24. The molecule has 0 saturated carbocycles. The molecule has 1 aliphatic carbocycles. The van der Waals surface area contributed by atoms with Gasteiger partial charge in [-0.1, -0.05) is 6.07 Å². The molecule has 1 aromatic heterocycles. The summed E-state index contributed by atoms with van der Waals surface area (Å²) in [4.78, 5) is 12.3. The van der Waals surface area contributed by atoms with E-state index in [1.165, 1.54) is 0 Å². The molecule has 1 amide bonds. The summed E-state index contributed by atoms with van der Waals surface area (Å²) in [5.74, 6) is 0.997. The third-order valence-electron chi connectivity index (χ3n) is 3.44. The number of aryl methyl sites for hydroxylation is 1. The zero-order valence-corrected chi connectivity index (χ0v) is 12.5. The molecule has 4 heteroatoms. The van der Waals surface area contributed by atoms with Gasteiger partial charge in [-0.05, 0) is 59.7 Å². The second-order valence-corrected chi connectivity index (χ2v) is 5.97. The molecule has 0 fully saturated rings. The lowest BCUT2D eigenvalue weighted by atomic mass is 9.93. The van der Waals surface area contributed by atoms with Gasteiger partial charge >= 0.3 is 0 Å². The van der Waals surface area contributed by atoms with Gasteiger partial charge in [-0.3, -0.25) is 4.79 Å². The fourth-order valence-electron chi connectivity index (χ4n) is 2.51. The minimum atomic E-state index is -0.0161. The second-order valence-electron chi connectivity index (χ2n) is 4.73. The Balaban J connectivity index is 1.78. The van der Waals surface area contributed by atoms with Crippen molar-refractivity contribution < 1.29 is 9.21 Å². The van der Waals surface area contributed by atoms with Crippen LogP contribution in [-0.4, -0.2) is 5.91 Å². The number of rotatable bonds is 2. The van der Waals surface area contributed by atoms with E-state index in [0.29, 0.717) is 5.56 Å². The maximum Gasteiger partial charge on any atom is 0.251 e. The van der Waals surface area contributed by atoms with E-state index in [4.69, 9.17) is 4.42 Å². The normalized spacial score (nSPS) is 17.8. The molecule has 19 heavy (non-hydrogen) atoms. The Kier molecular flexibility index (Phi) is 3.59. The number of carbonyl (C=O) groups is 1. The number of hydrogen-bond acceptors (Lipinski definition) is 2. The number of hydrogen-bond donors (Lipinski definition) is 1. The maximum atomic E-state index is 12.3. The van der Waals surface area contributed by atoms with Gasteiger partial charge in [-0.15, -0.1) is 0 Å². The van der Waals surface area contributed by atoms with Crippen LogP contribution in [0.1, 0.15) is 40.6 Å². The summed E-state index contributed by atoms with van der Waals surface area (Å²) in [6.45, 7) is 0. The van der Waals surface area contributed by atoms with Crippen LogP contribution in [0.2, 0.25) is 0 Å². The summed E-state index contributed by atoms with van der Waals surface area (Å²) in [5, 5.41) is 3.10. The number of nitrogens with one attached hydrogen (secondary N) is 1. The van der Waals surface area contributed by atoms with E-state index >= 15 is 0 Å². The number of halogens is 1. The Morgan fingerprint density at radius 3 is 3.11 bits per heavy atom. The van der Waals surface area contributed by atoms with Crippen molar-refractivity contribution in [2.24, 2.45) is 0 Å². The number of benzene rings is 1. The molecule has 1 heterocycles. The molecule has 98 valence electrons. The van der Waals surface area contributed by atoms with Crippen molar-refractivity contribution in [3.05, 3.63) is 57.1 Å². The van der Waals surface area contributed by atoms with E-state index < -0.39 is 0 Å². The van der Waals surface area contributed by atoms with Crippen LogP contribution < -0.4 is 5.32 Å². The molecule has 1 atom stereocenters. The predicted octanol–water partition coefficient (Wildman–Crippen LogP) is 3.69. The monoisotopic (exact) mass is 367 g/mol. The van der Waals surface area contributed by atoms with Gasteiger partial charge in [0.1, 0.15) is 5.76 Å². The van der Waals surface area contributed by atoms with Gasteiger partial charge in [0.05, 0.1) is 12.3 Å². The Morgan fingerprint density at radius 1 is 1.37 bits per heavy atom. The lowest BCUT2D eigenvalue weighted by Crippen LogP contribution is -2.30. The van der Waals surface area contributed by atoms with Gasteiger partial charge < -0.3 is 9.73 Å². The predicted molar refractivity (Wildman–Crippen MR) is 81.0 cm³/mol. The molecule has 1 aliphatic rings. The van der Waals surface area contributed by atoms with Crippen molar-refractivity contribution in [3.63, 3.8) is 0 Å². The van der Waals surface area contributed by atoms with Crippen molar-refractivity contribution in [1.82, 2.24) is 5.32 Å². The highest BCUT2D eigenvalue weighted by Gasteiger charge is 2.24. The van der Waals surface area contributed by atoms with Gasteiger partial charge in [0.25, 0.3) is 5.91 Å². The SMILES string of the molecule is O=C(NC1CCCc2occc21)c1cccc(I)c1. The van der Waals surface area contributed by atoms with Crippen LogP contribution in [0.5, 0.6) is 0 Å². The Morgan fingerprint density at radius 2 is 2.26 bits per heavy atom. The summed E-state index contributed by atoms with van der Waals surface area (Å²) in [6, 6.07) is 9.67. The standard InChI is InChI=1S/C15H14INO2/c16-11-4-1-3-10(9-11)15(18)17-13-5-2-6-14-12(13)7-8-19-14/h1,3-4,7-9,13H,2,5-6H2,(H,17,18). The van der Waals surface area contributed by atoms with E-state index in [-0.39, 0.29) is 11.9 Å². The molecule has 0 saturated heterocycles. The van der Waals surface area contributed by atoms with Crippen molar-refractivity contribution in [2.75, 3.05) is 0 Å². The molecule has 0 radical (unpaired) electrons. The van der Waals surface area contributed by atoms with Crippen molar-refractivity contribution >= 4 is 28.5 Å². The largest absolute Gasteiger partial charge is 0.469 e. The maximum absolute atomic E-state index is 12.3. The van der Waals surface area contributed by atoms with Crippen molar-refractivity contribution in [3.8, 4) is 0 Å². The number of furan rings is 1. The molecule has 0 spiro atoms. The molecule has 3 rings (SSSR count). The summed E-state index contributed by atoms with van der Waals surface area (Å²) >= 11 is 2.21. The van der Waals surface area contributed by atoms with E-state index in [9.17, 15) is 4.79 Å². The fraction of sp³-hybridized carbons (Fsp3) is 0.267. The quantitative estimate of drug-likeness (QED) is 0.823. The number of fused-ring (bicyclic) bond motifs is 1. The first-order valence-corrected chi connectivity index (χ1v) is 7.44. The van der Waals surface area contributed by atoms with Gasteiger partial charge in [-0.25, -0.2) is 0 Å². The van der Waals surface area contributed by atoms with Gasteiger partial charge in [0.2, 0.25) is 0 Å². The lowest BCUT2D eigenvalue weighted by molar-refractivity contribution is 0.0932. The molecular formula is C15H14INO2. The third-order valence-corrected chi connectivity index (χ3v) is 4.12. The van der Waals surface area contributed by atoms with Crippen LogP contribution in [0.25, 0.3) is 0 Å². The van der Waals surface area contributed by atoms with Gasteiger partial charge in [0.15, 0.2) is 0 Å². The van der Waals surface area contributed by atoms with Crippen LogP contribution >= 0.6 is 22.6 Å². The topological polar surface area (TPSA) is 42.2 Å². The first kappa shape index (κ1) is 12.7. The van der Waals surface area contributed by atoms with E-state index in [0.717, 1.165) is 34.2 Å². The summed E-state index contributed by atoms with van der Waals surface area (Å²) in [7, 11) is 0. The average molecular weight is 367 g/mol. The van der Waals surface area contributed by atoms with E-state index in [1.807, 2.05) is 30.3 Å². The molecule has 2 aromatic rings. The molecule has 3 nitrogen and oxygen atoms in total. The summed E-state index contributed by atoms with van der Waals surface area (Å²) in [5.41, 5.74) is 1.84. The highest BCUT2D eigenvalue weighted by atomic mass is 127. The van der Waals surface area contributed by atoms with E-state index in [2.05, 4.69) is 27.9 Å². The van der Waals surface area contributed by atoms with Crippen LogP contribution in [0, 0.1) is 3.57 Å².